The van der Waals surface area contributed by atoms with Crippen molar-refractivity contribution in [3.05, 3.63) is 70.7 Å². The fourth-order valence-corrected chi connectivity index (χ4v) is 4.50. The normalized spacial score (nSPS) is 18.8. The van der Waals surface area contributed by atoms with Gasteiger partial charge in [0.05, 0.1) is 5.69 Å². The first-order valence-electron chi connectivity index (χ1n) is 9.50. The summed E-state index contributed by atoms with van der Waals surface area (Å²) in [6.45, 7) is 5.32. The van der Waals surface area contributed by atoms with Gasteiger partial charge in [0.1, 0.15) is 0 Å². The molecule has 0 spiro atoms. The number of rotatable bonds is 7. The van der Waals surface area contributed by atoms with Crippen LogP contribution in [0.25, 0.3) is 5.69 Å². The first-order valence-corrected chi connectivity index (χ1v) is 10.4. The van der Waals surface area contributed by atoms with Crippen molar-refractivity contribution in [3.8, 4) is 5.69 Å². The van der Waals surface area contributed by atoms with Gasteiger partial charge in [0.25, 0.3) is 0 Å². The van der Waals surface area contributed by atoms with Crippen molar-refractivity contribution in [2.45, 2.75) is 25.6 Å². The van der Waals surface area contributed by atoms with Gasteiger partial charge in [-0.3, -0.25) is 9.80 Å². The fourth-order valence-electron chi connectivity index (χ4n) is 3.77. The summed E-state index contributed by atoms with van der Waals surface area (Å²) >= 11 is 1.82. The van der Waals surface area contributed by atoms with Crippen LogP contribution in [0.5, 0.6) is 0 Å². The van der Waals surface area contributed by atoms with E-state index in [0.29, 0.717) is 6.04 Å². The summed E-state index contributed by atoms with van der Waals surface area (Å²) in [7, 11) is 0. The molecule has 5 nitrogen and oxygen atoms in total. The lowest BCUT2D eigenvalue weighted by molar-refractivity contribution is 0.0506. The molecule has 0 saturated carbocycles. The SMILES string of the molecule is OCCC1CN(Cc2ccc(-n3cccn3)cc2)CCN1Cc1cccs1. The zero-order valence-electron chi connectivity index (χ0n) is 15.4. The summed E-state index contributed by atoms with van der Waals surface area (Å²) in [5.74, 6) is 0. The number of aromatic nitrogens is 2. The molecule has 142 valence electrons. The number of aliphatic hydroxyl groups excluding tert-OH is 1. The molecule has 0 radical (unpaired) electrons. The molecule has 27 heavy (non-hydrogen) atoms. The minimum atomic E-state index is 0.248. The van der Waals surface area contributed by atoms with Crippen molar-refractivity contribution < 1.29 is 5.11 Å². The van der Waals surface area contributed by atoms with E-state index in [1.807, 2.05) is 28.3 Å². The van der Waals surface area contributed by atoms with Crippen molar-refractivity contribution in [3.63, 3.8) is 0 Å². The Hall–Kier alpha value is -1.99. The van der Waals surface area contributed by atoms with Crippen LogP contribution >= 0.6 is 11.3 Å². The number of hydrogen-bond acceptors (Lipinski definition) is 5. The van der Waals surface area contributed by atoms with Gasteiger partial charge in [-0.05, 0) is 41.6 Å². The van der Waals surface area contributed by atoms with Crippen LogP contribution in [0.15, 0.2) is 60.2 Å². The molecule has 1 aliphatic rings. The maximum atomic E-state index is 9.51. The quantitative estimate of drug-likeness (QED) is 0.682. The van der Waals surface area contributed by atoms with Crippen LogP contribution in [-0.4, -0.2) is 57.0 Å². The molecule has 1 aliphatic heterocycles. The topological polar surface area (TPSA) is 44.5 Å². The highest BCUT2D eigenvalue weighted by molar-refractivity contribution is 7.09. The highest BCUT2D eigenvalue weighted by Gasteiger charge is 2.26. The molecule has 0 aliphatic carbocycles. The zero-order chi connectivity index (χ0) is 18.5. The van der Waals surface area contributed by atoms with Crippen LogP contribution < -0.4 is 0 Å². The van der Waals surface area contributed by atoms with Gasteiger partial charge in [-0.15, -0.1) is 11.3 Å². The van der Waals surface area contributed by atoms with E-state index < -0.39 is 0 Å². The lowest BCUT2D eigenvalue weighted by Crippen LogP contribution is -2.52. The Labute approximate surface area is 164 Å². The zero-order valence-corrected chi connectivity index (χ0v) is 16.3. The fraction of sp³-hybridized carbons (Fsp3) is 0.381. The van der Waals surface area contributed by atoms with Crippen LogP contribution in [-0.2, 0) is 13.1 Å². The molecule has 2 aromatic heterocycles. The second kappa shape index (κ2) is 8.80. The summed E-state index contributed by atoms with van der Waals surface area (Å²) in [4.78, 5) is 6.44. The smallest absolute Gasteiger partial charge is 0.0645 e. The molecule has 1 saturated heterocycles. The molecule has 3 aromatic rings. The van der Waals surface area contributed by atoms with Crippen molar-refractivity contribution in [1.82, 2.24) is 19.6 Å². The molecule has 1 aromatic carbocycles. The van der Waals surface area contributed by atoms with Crippen LogP contribution in [0.2, 0.25) is 0 Å². The maximum absolute atomic E-state index is 9.51. The molecule has 1 N–H and O–H groups in total. The highest BCUT2D eigenvalue weighted by atomic mass is 32.1. The third kappa shape index (κ3) is 4.65. The minimum absolute atomic E-state index is 0.248. The first-order chi connectivity index (χ1) is 13.3. The van der Waals surface area contributed by atoms with E-state index in [4.69, 9.17) is 0 Å². The molecule has 1 atom stereocenters. The van der Waals surface area contributed by atoms with Crippen LogP contribution in [0.1, 0.15) is 16.9 Å². The van der Waals surface area contributed by atoms with Gasteiger partial charge in [0, 0.05) is 62.6 Å². The molecule has 3 heterocycles. The Kier molecular flexibility index (Phi) is 5.99. The number of piperazine rings is 1. The molecule has 0 amide bonds. The summed E-state index contributed by atoms with van der Waals surface area (Å²) in [5, 5.41) is 15.9. The predicted molar refractivity (Wildman–Crippen MR) is 109 cm³/mol. The summed E-state index contributed by atoms with van der Waals surface area (Å²) < 4.78 is 1.88. The van der Waals surface area contributed by atoms with Gasteiger partial charge in [-0.1, -0.05) is 18.2 Å². The largest absolute Gasteiger partial charge is 0.396 e. The second-order valence-corrected chi connectivity index (χ2v) is 8.10. The first kappa shape index (κ1) is 18.4. The van der Waals surface area contributed by atoms with Crippen LogP contribution in [0.3, 0.4) is 0 Å². The van der Waals surface area contributed by atoms with Crippen molar-refractivity contribution in [1.29, 1.82) is 0 Å². The van der Waals surface area contributed by atoms with Gasteiger partial charge in [-0.25, -0.2) is 4.68 Å². The van der Waals surface area contributed by atoms with Gasteiger partial charge in [-0.2, -0.15) is 5.10 Å². The van der Waals surface area contributed by atoms with Gasteiger partial charge < -0.3 is 5.11 Å². The molecule has 4 rings (SSSR count). The number of nitrogens with zero attached hydrogens (tertiary/aromatic N) is 4. The number of benzene rings is 1. The third-order valence-electron chi connectivity index (χ3n) is 5.20. The molecule has 1 unspecified atom stereocenters. The second-order valence-electron chi connectivity index (χ2n) is 7.07. The summed E-state index contributed by atoms with van der Waals surface area (Å²) in [6, 6.07) is 15.3. The molecule has 0 bridgehead atoms. The Morgan fingerprint density at radius 1 is 1.07 bits per heavy atom. The van der Waals surface area contributed by atoms with Crippen LogP contribution in [0.4, 0.5) is 0 Å². The van der Waals surface area contributed by atoms with Crippen molar-refractivity contribution in [2.75, 3.05) is 26.2 Å². The maximum Gasteiger partial charge on any atom is 0.0645 e. The Bertz CT molecular complexity index is 801. The van der Waals surface area contributed by atoms with Gasteiger partial charge >= 0.3 is 0 Å². The number of hydrogen-bond donors (Lipinski definition) is 1. The van der Waals surface area contributed by atoms with E-state index in [1.54, 1.807) is 6.20 Å². The van der Waals surface area contributed by atoms with E-state index in [-0.39, 0.29) is 6.61 Å². The van der Waals surface area contributed by atoms with E-state index in [1.165, 1.54) is 10.4 Å². The van der Waals surface area contributed by atoms with Gasteiger partial charge in [0.2, 0.25) is 0 Å². The Morgan fingerprint density at radius 3 is 2.67 bits per heavy atom. The number of thiophene rings is 1. The third-order valence-corrected chi connectivity index (χ3v) is 6.06. The van der Waals surface area contributed by atoms with E-state index >= 15 is 0 Å². The average Bonchev–Trinajstić information content (AvgIpc) is 3.39. The highest BCUT2D eigenvalue weighted by Crippen LogP contribution is 2.20. The number of aliphatic hydroxyl groups is 1. The monoisotopic (exact) mass is 382 g/mol. The van der Waals surface area contributed by atoms with Crippen LogP contribution in [0, 0.1) is 0 Å². The summed E-state index contributed by atoms with van der Waals surface area (Å²) in [6.07, 6.45) is 4.59. The van der Waals surface area contributed by atoms with E-state index in [0.717, 1.165) is 44.8 Å². The molecule has 1 fully saturated rings. The van der Waals surface area contributed by atoms with Crippen molar-refractivity contribution >= 4 is 11.3 Å². The summed E-state index contributed by atoms with van der Waals surface area (Å²) in [5.41, 5.74) is 2.41. The molecular weight excluding hydrogens is 356 g/mol. The lowest BCUT2D eigenvalue weighted by Gasteiger charge is -2.41. The average molecular weight is 383 g/mol. The van der Waals surface area contributed by atoms with Gasteiger partial charge in [0.15, 0.2) is 0 Å². The lowest BCUT2D eigenvalue weighted by atomic mass is 10.1. The molecular formula is C21H26N4OS. The van der Waals surface area contributed by atoms with Crippen molar-refractivity contribution in [2.24, 2.45) is 0 Å². The minimum Gasteiger partial charge on any atom is -0.396 e. The van der Waals surface area contributed by atoms with E-state index in [2.05, 4.69) is 56.7 Å². The molecule has 6 heteroatoms. The Balaban J connectivity index is 1.37. The predicted octanol–water partition coefficient (Wildman–Crippen LogP) is 3.00. The standard InChI is InChI=1S/C21H26N4OS/c26-13-8-20-16-23(11-12-24(20)17-21-3-1-14-27-21)15-18-4-6-19(7-5-18)25-10-2-9-22-25/h1-7,9-10,14,20,26H,8,11-13,15-17H2. The van der Waals surface area contributed by atoms with E-state index in [9.17, 15) is 5.11 Å². The Morgan fingerprint density at radius 2 is 1.96 bits per heavy atom.